The Morgan fingerprint density at radius 1 is 1.12 bits per heavy atom. The maximum atomic E-state index is 13.1. The molecule has 0 radical (unpaired) electrons. The van der Waals surface area contributed by atoms with Crippen LogP contribution in [0, 0.1) is 0 Å². The van der Waals surface area contributed by atoms with E-state index in [2.05, 4.69) is 6.58 Å². The number of benzene rings is 2. The van der Waals surface area contributed by atoms with E-state index in [0.29, 0.717) is 41.4 Å². The average molecular weight is 354 g/mol. The van der Waals surface area contributed by atoms with Gasteiger partial charge in [0.2, 0.25) is 0 Å². The van der Waals surface area contributed by atoms with E-state index in [0.717, 1.165) is 5.56 Å². The number of para-hydroxylation sites is 1. The molecule has 0 fully saturated rings. The van der Waals surface area contributed by atoms with E-state index in [1.165, 1.54) is 0 Å². The van der Waals surface area contributed by atoms with E-state index in [1.807, 2.05) is 18.2 Å². The van der Waals surface area contributed by atoms with Gasteiger partial charge in [0, 0.05) is 12.1 Å². The van der Waals surface area contributed by atoms with E-state index >= 15 is 0 Å². The summed E-state index contributed by atoms with van der Waals surface area (Å²) in [5.41, 5.74) is 0.607. The number of fused-ring (bicyclic) bond motifs is 1. The van der Waals surface area contributed by atoms with Gasteiger partial charge < -0.3 is 18.9 Å². The molecule has 0 unspecified atom stereocenters. The highest BCUT2D eigenvalue weighted by Crippen LogP contribution is 2.49. The zero-order valence-electron chi connectivity index (χ0n) is 15.2. The summed E-state index contributed by atoms with van der Waals surface area (Å²) in [6, 6.07) is 11.0. The summed E-state index contributed by atoms with van der Waals surface area (Å²) in [5.74, 6) is 1.85. The van der Waals surface area contributed by atoms with Gasteiger partial charge in [-0.1, -0.05) is 24.3 Å². The first-order valence-corrected chi connectivity index (χ1v) is 8.31. The second-order valence-electron chi connectivity index (χ2n) is 6.16. The maximum Gasteiger partial charge on any atom is 0.322 e. The first-order chi connectivity index (χ1) is 12.6. The highest BCUT2D eigenvalue weighted by atomic mass is 16.5. The Morgan fingerprint density at radius 2 is 1.77 bits per heavy atom. The minimum atomic E-state index is -0.987. The van der Waals surface area contributed by atoms with E-state index in [-0.39, 0.29) is 5.97 Å². The van der Waals surface area contributed by atoms with E-state index in [9.17, 15) is 4.79 Å². The zero-order valence-corrected chi connectivity index (χ0v) is 15.2. The van der Waals surface area contributed by atoms with Gasteiger partial charge in [-0.05, 0) is 24.5 Å². The third kappa shape index (κ3) is 2.79. The number of rotatable bonds is 6. The molecular formula is C21H22O5. The van der Waals surface area contributed by atoms with Crippen LogP contribution in [0.15, 0.2) is 49.1 Å². The van der Waals surface area contributed by atoms with Crippen LogP contribution >= 0.6 is 0 Å². The maximum absolute atomic E-state index is 13.1. The number of methoxy groups -OCH3 is 3. The minimum Gasteiger partial charge on any atom is -0.496 e. The number of allylic oxidation sites excluding steroid dienone is 1. The smallest absolute Gasteiger partial charge is 0.322 e. The normalized spacial score (nSPS) is 18.5. The van der Waals surface area contributed by atoms with Crippen LogP contribution in [-0.2, 0) is 16.6 Å². The summed E-state index contributed by atoms with van der Waals surface area (Å²) < 4.78 is 22.2. The highest BCUT2D eigenvalue weighted by Gasteiger charge is 2.48. The fraction of sp³-hybridized carbons (Fsp3) is 0.286. The Bertz CT molecular complexity index is 817. The van der Waals surface area contributed by atoms with Crippen molar-refractivity contribution in [1.29, 1.82) is 0 Å². The second kappa shape index (κ2) is 7.12. The van der Waals surface area contributed by atoms with Crippen molar-refractivity contribution in [3.8, 4) is 23.0 Å². The van der Waals surface area contributed by atoms with Crippen molar-refractivity contribution in [2.45, 2.75) is 18.3 Å². The largest absolute Gasteiger partial charge is 0.496 e. The Kier molecular flexibility index (Phi) is 4.89. The predicted molar refractivity (Wildman–Crippen MR) is 98.4 cm³/mol. The lowest BCUT2D eigenvalue weighted by Gasteiger charge is -2.37. The van der Waals surface area contributed by atoms with Crippen LogP contribution < -0.4 is 18.9 Å². The monoisotopic (exact) mass is 354 g/mol. The van der Waals surface area contributed by atoms with E-state index in [4.69, 9.17) is 18.9 Å². The second-order valence-corrected chi connectivity index (χ2v) is 6.16. The molecule has 26 heavy (non-hydrogen) atoms. The molecule has 0 aromatic heterocycles. The molecule has 0 bridgehead atoms. The molecule has 2 aromatic rings. The molecule has 1 aliphatic heterocycles. The zero-order chi connectivity index (χ0) is 18.7. The van der Waals surface area contributed by atoms with E-state index < -0.39 is 5.41 Å². The van der Waals surface area contributed by atoms with Crippen LogP contribution in [0.1, 0.15) is 17.5 Å². The number of hydrogen-bond donors (Lipinski definition) is 0. The van der Waals surface area contributed by atoms with Gasteiger partial charge in [0.15, 0.2) is 0 Å². The molecule has 5 heteroatoms. The first kappa shape index (κ1) is 17.9. The Labute approximate surface area is 153 Å². The number of esters is 1. The first-order valence-electron chi connectivity index (χ1n) is 8.31. The lowest BCUT2D eigenvalue weighted by Crippen LogP contribution is -2.44. The lowest BCUT2D eigenvalue weighted by atomic mass is 9.71. The van der Waals surface area contributed by atoms with Gasteiger partial charge in [-0.15, -0.1) is 6.58 Å². The highest BCUT2D eigenvalue weighted by molar-refractivity contribution is 5.90. The van der Waals surface area contributed by atoms with Gasteiger partial charge in [0.1, 0.15) is 28.4 Å². The topological polar surface area (TPSA) is 54.0 Å². The fourth-order valence-corrected chi connectivity index (χ4v) is 3.52. The van der Waals surface area contributed by atoms with Crippen LogP contribution in [0.25, 0.3) is 0 Å². The fourth-order valence-electron chi connectivity index (χ4n) is 3.52. The van der Waals surface area contributed by atoms with Gasteiger partial charge >= 0.3 is 5.97 Å². The van der Waals surface area contributed by atoms with Crippen molar-refractivity contribution in [1.82, 2.24) is 0 Å². The number of ether oxygens (including phenoxy) is 4. The van der Waals surface area contributed by atoms with Crippen LogP contribution in [0.3, 0.4) is 0 Å². The van der Waals surface area contributed by atoms with Gasteiger partial charge in [-0.2, -0.15) is 0 Å². The minimum absolute atomic E-state index is 0.349. The van der Waals surface area contributed by atoms with Gasteiger partial charge in [0.05, 0.1) is 26.9 Å². The van der Waals surface area contributed by atoms with Crippen molar-refractivity contribution in [3.05, 3.63) is 60.2 Å². The van der Waals surface area contributed by atoms with Crippen molar-refractivity contribution < 1.29 is 23.7 Å². The molecule has 1 atom stereocenters. The van der Waals surface area contributed by atoms with Crippen molar-refractivity contribution >= 4 is 5.97 Å². The van der Waals surface area contributed by atoms with Gasteiger partial charge in [-0.3, -0.25) is 4.79 Å². The molecule has 3 rings (SSSR count). The summed E-state index contributed by atoms with van der Waals surface area (Å²) in [7, 11) is 4.68. The molecule has 136 valence electrons. The standard InChI is InChI=1S/C21H22O5/c1-5-10-21(13-14-8-6-7-9-16(14)26-20(21)22)19-17(24-3)11-15(23-2)12-18(19)25-4/h5-9,11-12H,1,10,13H2,2-4H3/t21-/m1/s1. The molecule has 0 amide bonds. The van der Waals surface area contributed by atoms with Gasteiger partial charge in [0.25, 0.3) is 0 Å². The molecule has 0 spiro atoms. The molecule has 0 saturated heterocycles. The van der Waals surface area contributed by atoms with E-state index in [1.54, 1.807) is 45.6 Å². The SMILES string of the molecule is C=CC[C@]1(c2c(OC)cc(OC)cc2OC)Cc2ccccc2OC1=O. The Balaban J connectivity index is 2.26. The quantitative estimate of drug-likeness (QED) is 0.450. The third-order valence-electron chi connectivity index (χ3n) is 4.74. The Morgan fingerprint density at radius 3 is 2.35 bits per heavy atom. The lowest BCUT2D eigenvalue weighted by molar-refractivity contribution is -0.142. The summed E-state index contributed by atoms with van der Waals surface area (Å²) in [6.07, 6.45) is 2.57. The van der Waals surface area contributed by atoms with Crippen LogP contribution in [0.2, 0.25) is 0 Å². The molecule has 2 aromatic carbocycles. The van der Waals surface area contributed by atoms with Crippen molar-refractivity contribution in [3.63, 3.8) is 0 Å². The van der Waals surface area contributed by atoms with Gasteiger partial charge in [-0.25, -0.2) is 0 Å². The summed E-state index contributed by atoms with van der Waals surface area (Å²) in [5, 5.41) is 0. The number of hydrogen-bond acceptors (Lipinski definition) is 5. The predicted octanol–water partition coefficient (Wildman–Crippen LogP) is 3.69. The van der Waals surface area contributed by atoms with Crippen molar-refractivity contribution in [2.75, 3.05) is 21.3 Å². The molecule has 1 heterocycles. The summed E-state index contributed by atoms with van der Waals surface area (Å²) in [4.78, 5) is 13.1. The Hall–Kier alpha value is -2.95. The molecule has 0 aliphatic carbocycles. The molecule has 0 N–H and O–H groups in total. The van der Waals surface area contributed by atoms with Crippen molar-refractivity contribution in [2.24, 2.45) is 0 Å². The molecular weight excluding hydrogens is 332 g/mol. The average Bonchev–Trinajstić information content (AvgIpc) is 2.67. The number of carbonyl (C=O) groups is 1. The molecule has 0 saturated carbocycles. The molecule has 1 aliphatic rings. The number of carbonyl (C=O) groups excluding carboxylic acids is 1. The van der Waals surface area contributed by atoms with Crippen LogP contribution in [0.5, 0.6) is 23.0 Å². The summed E-state index contributed by atoms with van der Waals surface area (Å²) >= 11 is 0. The third-order valence-corrected chi connectivity index (χ3v) is 4.74. The molecule has 5 nitrogen and oxygen atoms in total. The van der Waals surface area contributed by atoms with Crippen LogP contribution in [-0.4, -0.2) is 27.3 Å². The van der Waals surface area contributed by atoms with Crippen LogP contribution in [0.4, 0.5) is 0 Å². The summed E-state index contributed by atoms with van der Waals surface area (Å²) in [6.45, 7) is 3.85.